The fourth-order valence-electron chi connectivity index (χ4n) is 2.64. The summed E-state index contributed by atoms with van der Waals surface area (Å²) in [4.78, 5) is 7.53. The number of rotatable bonds is 4. The lowest BCUT2D eigenvalue weighted by atomic mass is 10.1. The third-order valence-corrected chi connectivity index (χ3v) is 3.73. The van der Waals surface area contributed by atoms with Crippen molar-refractivity contribution in [2.24, 2.45) is 0 Å². The van der Waals surface area contributed by atoms with Gasteiger partial charge in [-0.15, -0.1) is 0 Å². The average molecular weight is 310 g/mol. The molecule has 0 saturated heterocycles. The van der Waals surface area contributed by atoms with E-state index in [1.807, 2.05) is 32.2 Å². The number of fused-ring (bicyclic) bond motifs is 1. The number of nitrogens with one attached hydrogen (secondary N) is 1. The maximum Gasteiger partial charge on any atom is 0.221 e. The summed E-state index contributed by atoms with van der Waals surface area (Å²) in [7, 11) is 0. The van der Waals surface area contributed by atoms with Crippen LogP contribution in [0.2, 0.25) is 0 Å². The zero-order chi connectivity index (χ0) is 16.4. The minimum Gasteiger partial charge on any atom is -0.444 e. The Morgan fingerprint density at radius 3 is 2.91 bits per heavy atom. The number of benzene rings is 1. The van der Waals surface area contributed by atoms with Crippen LogP contribution in [-0.4, -0.2) is 9.97 Å². The molecule has 1 N–H and O–H groups in total. The predicted molar refractivity (Wildman–Crippen MR) is 90.9 cm³/mol. The van der Waals surface area contributed by atoms with E-state index in [2.05, 4.69) is 16.9 Å². The van der Waals surface area contributed by atoms with E-state index in [4.69, 9.17) is 4.74 Å². The molecule has 0 fully saturated rings. The molecule has 4 heteroatoms. The Kier molecular flexibility index (Phi) is 4.15. The highest BCUT2D eigenvalue weighted by atomic mass is 19.1. The van der Waals surface area contributed by atoms with E-state index in [0.717, 1.165) is 39.8 Å². The molecule has 118 valence electrons. The molecule has 0 aliphatic heterocycles. The number of aryl methyl sites for hydroxylation is 1. The molecule has 1 aromatic carbocycles. The molecule has 23 heavy (non-hydrogen) atoms. The van der Waals surface area contributed by atoms with Gasteiger partial charge < -0.3 is 9.72 Å². The summed E-state index contributed by atoms with van der Waals surface area (Å²) in [6, 6.07) is 6.78. The molecule has 2 aromatic heterocycles. The number of pyridine rings is 1. The number of nitrogens with zero attached hydrogens (tertiary/aromatic N) is 1. The van der Waals surface area contributed by atoms with E-state index >= 15 is 0 Å². The second-order valence-electron chi connectivity index (χ2n) is 5.56. The number of H-pyrrole nitrogens is 1. The van der Waals surface area contributed by atoms with Crippen LogP contribution in [0.25, 0.3) is 22.0 Å². The molecule has 0 amide bonds. The van der Waals surface area contributed by atoms with Gasteiger partial charge in [-0.1, -0.05) is 6.92 Å². The maximum atomic E-state index is 13.3. The minimum absolute atomic E-state index is 0.248. The van der Waals surface area contributed by atoms with Gasteiger partial charge in [0.05, 0.1) is 5.76 Å². The van der Waals surface area contributed by atoms with E-state index in [-0.39, 0.29) is 5.82 Å². The molecule has 0 spiro atoms. The Labute approximate surface area is 134 Å². The molecule has 3 nitrogen and oxygen atoms in total. The summed E-state index contributed by atoms with van der Waals surface area (Å²) in [6.07, 6.45) is 6.61. The van der Waals surface area contributed by atoms with Crippen molar-refractivity contribution in [3.8, 4) is 17.0 Å². The van der Waals surface area contributed by atoms with Crippen molar-refractivity contribution in [3.63, 3.8) is 0 Å². The molecule has 2 heterocycles. The van der Waals surface area contributed by atoms with Crippen LogP contribution in [0.5, 0.6) is 5.88 Å². The van der Waals surface area contributed by atoms with E-state index in [1.165, 1.54) is 12.1 Å². The van der Waals surface area contributed by atoms with E-state index < -0.39 is 0 Å². The fraction of sp³-hybridized carbons (Fsp3) is 0.211. The van der Waals surface area contributed by atoms with Crippen LogP contribution in [0, 0.1) is 12.7 Å². The number of hydrogen-bond acceptors (Lipinski definition) is 2. The molecule has 0 aliphatic rings. The second kappa shape index (κ2) is 6.24. The van der Waals surface area contributed by atoms with E-state index in [9.17, 15) is 4.39 Å². The van der Waals surface area contributed by atoms with Crippen molar-refractivity contribution >= 4 is 10.9 Å². The number of ether oxygens (including phenoxy) is 1. The SMILES string of the molecule is CCC=C(C)Oc1ncc(-c2c[nH]c3cc(F)ccc23)cc1C. The lowest BCUT2D eigenvalue weighted by Crippen LogP contribution is -1.96. The first kappa shape index (κ1) is 15.3. The summed E-state index contributed by atoms with van der Waals surface area (Å²) in [5.74, 6) is 1.21. The van der Waals surface area contributed by atoms with Crippen molar-refractivity contribution in [1.82, 2.24) is 9.97 Å². The Hall–Kier alpha value is -2.62. The van der Waals surface area contributed by atoms with Gasteiger partial charge in [-0.3, -0.25) is 0 Å². The Balaban J connectivity index is 1.97. The highest BCUT2D eigenvalue weighted by Gasteiger charge is 2.10. The molecule has 0 radical (unpaired) electrons. The topological polar surface area (TPSA) is 37.9 Å². The summed E-state index contributed by atoms with van der Waals surface area (Å²) in [5.41, 5.74) is 3.72. The molecule has 0 saturated carbocycles. The van der Waals surface area contributed by atoms with Crippen LogP contribution in [-0.2, 0) is 0 Å². The maximum absolute atomic E-state index is 13.3. The van der Waals surface area contributed by atoms with E-state index in [0.29, 0.717) is 5.88 Å². The molecule has 0 aliphatic carbocycles. The van der Waals surface area contributed by atoms with Crippen molar-refractivity contribution in [2.45, 2.75) is 27.2 Å². The fourth-order valence-corrected chi connectivity index (χ4v) is 2.64. The minimum atomic E-state index is -0.248. The van der Waals surface area contributed by atoms with Gasteiger partial charge in [0.2, 0.25) is 5.88 Å². The predicted octanol–water partition coefficient (Wildman–Crippen LogP) is 5.37. The number of halogens is 1. The third-order valence-electron chi connectivity index (χ3n) is 3.73. The lowest BCUT2D eigenvalue weighted by Gasteiger charge is -2.09. The molecule has 3 rings (SSSR count). The quantitative estimate of drug-likeness (QED) is 0.658. The van der Waals surface area contributed by atoms with Gasteiger partial charge in [-0.05, 0) is 50.6 Å². The Morgan fingerprint density at radius 1 is 1.35 bits per heavy atom. The second-order valence-corrected chi connectivity index (χ2v) is 5.56. The Morgan fingerprint density at radius 2 is 2.17 bits per heavy atom. The van der Waals surface area contributed by atoms with Crippen LogP contribution in [0.3, 0.4) is 0 Å². The largest absolute Gasteiger partial charge is 0.444 e. The highest BCUT2D eigenvalue weighted by molar-refractivity contribution is 5.95. The summed E-state index contributed by atoms with van der Waals surface area (Å²) in [6.45, 7) is 5.96. The number of aromatic nitrogens is 2. The van der Waals surface area contributed by atoms with Gasteiger partial charge in [-0.2, -0.15) is 0 Å². The summed E-state index contributed by atoms with van der Waals surface area (Å²) >= 11 is 0. The van der Waals surface area contributed by atoms with Crippen LogP contribution < -0.4 is 4.74 Å². The van der Waals surface area contributed by atoms with Crippen LogP contribution in [0.4, 0.5) is 4.39 Å². The molecule has 0 atom stereocenters. The first-order chi connectivity index (χ1) is 11.1. The number of hydrogen-bond donors (Lipinski definition) is 1. The molecular formula is C19H19FN2O. The lowest BCUT2D eigenvalue weighted by molar-refractivity contribution is 0.405. The summed E-state index contributed by atoms with van der Waals surface area (Å²) < 4.78 is 19.0. The Bertz CT molecular complexity index is 880. The van der Waals surface area contributed by atoms with Crippen LogP contribution in [0.1, 0.15) is 25.8 Å². The third kappa shape index (κ3) is 3.11. The molecule has 3 aromatic rings. The van der Waals surface area contributed by atoms with Crippen molar-refractivity contribution < 1.29 is 9.13 Å². The number of aromatic amines is 1. The van der Waals surface area contributed by atoms with Gasteiger partial charge in [0.1, 0.15) is 5.82 Å². The summed E-state index contributed by atoms with van der Waals surface area (Å²) in [5, 5.41) is 0.975. The van der Waals surface area contributed by atoms with Gasteiger partial charge in [0.25, 0.3) is 0 Å². The standard InChI is InChI=1S/C19H19FN2O/c1-4-5-13(3)23-19-12(2)8-14(10-22-19)17-11-21-18-9-15(20)6-7-16(17)18/h5-11,21H,4H2,1-3H3. The smallest absolute Gasteiger partial charge is 0.221 e. The zero-order valence-corrected chi connectivity index (χ0v) is 13.5. The van der Waals surface area contributed by atoms with Gasteiger partial charge >= 0.3 is 0 Å². The first-order valence-corrected chi connectivity index (χ1v) is 7.66. The average Bonchev–Trinajstić information content (AvgIpc) is 2.92. The van der Waals surface area contributed by atoms with Gasteiger partial charge in [0, 0.05) is 40.0 Å². The van der Waals surface area contributed by atoms with Crippen LogP contribution >= 0.6 is 0 Å². The number of allylic oxidation sites excluding steroid dienone is 2. The van der Waals surface area contributed by atoms with E-state index in [1.54, 1.807) is 12.3 Å². The van der Waals surface area contributed by atoms with Gasteiger partial charge in [-0.25, -0.2) is 9.37 Å². The first-order valence-electron chi connectivity index (χ1n) is 7.66. The monoisotopic (exact) mass is 310 g/mol. The normalized spacial score (nSPS) is 11.9. The molecule has 0 bridgehead atoms. The highest BCUT2D eigenvalue weighted by Crippen LogP contribution is 2.31. The molecular weight excluding hydrogens is 291 g/mol. The van der Waals surface area contributed by atoms with Gasteiger partial charge in [0.15, 0.2) is 0 Å². The van der Waals surface area contributed by atoms with Crippen LogP contribution in [0.15, 0.2) is 48.5 Å². The van der Waals surface area contributed by atoms with Crippen molar-refractivity contribution in [2.75, 3.05) is 0 Å². The molecule has 0 unspecified atom stereocenters. The van der Waals surface area contributed by atoms with Crippen molar-refractivity contribution in [1.29, 1.82) is 0 Å². The zero-order valence-electron chi connectivity index (χ0n) is 13.5. The van der Waals surface area contributed by atoms with Crippen molar-refractivity contribution in [3.05, 3.63) is 59.9 Å².